The second-order valence-corrected chi connectivity index (χ2v) is 4.35. The molecule has 4 nitrogen and oxygen atoms in total. The molecular weight excluding hydrogens is 178 g/mol. The van der Waals surface area contributed by atoms with Crippen LogP contribution in [0.4, 0.5) is 0 Å². The molecule has 2 N–H and O–H groups in total. The molecule has 1 aliphatic carbocycles. The summed E-state index contributed by atoms with van der Waals surface area (Å²) in [5.41, 5.74) is 5.97. The molecule has 0 aromatic carbocycles. The average Bonchev–Trinajstić information content (AvgIpc) is 2.71. The number of nitrogens with zero attached hydrogens (tertiary/aromatic N) is 2. The fraction of sp³-hybridized carbons (Fsp3) is 0.800. The van der Waals surface area contributed by atoms with Gasteiger partial charge in [0.1, 0.15) is 0 Å². The zero-order chi connectivity index (χ0) is 10.1. The van der Waals surface area contributed by atoms with Gasteiger partial charge in [-0.1, -0.05) is 25.4 Å². The molecule has 0 aliphatic heterocycles. The van der Waals surface area contributed by atoms with Crippen molar-refractivity contribution < 1.29 is 4.52 Å². The molecule has 78 valence electrons. The van der Waals surface area contributed by atoms with Gasteiger partial charge in [-0.3, -0.25) is 0 Å². The topological polar surface area (TPSA) is 64.9 Å². The molecule has 14 heavy (non-hydrogen) atoms. The van der Waals surface area contributed by atoms with Crippen LogP contribution in [0.1, 0.15) is 56.7 Å². The van der Waals surface area contributed by atoms with Crippen LogP contribution in [-0.4, -0.2) is 16.2 Å². The zero-order valence-electron chi connectivity index (χ0n) is 8.73. The normalized spacial score (nSPS) is 27.4. The number of hydrogen-bond acceptors (Lipinski definition) is 4. The van der Waals surface area contributed by atoms with E-state index in [0.717, 1.165) is 24.6 Å². The van der Waals surface area contributed by atoms with Crippen LogP contribution in [-0.2, 0) is 0 Å². The first-order valence-electron chi connectivity index (χ1n) is 5.27. The zero-order valence-corrected chi connectivity index (χ0v) is 8.73. The first-order valence-corrected chi connectivity index (χ1v) is 5.27. The molecule has 1 aromatic rings. The Hall–Kier alpha value is -0.900. The van der Waals surface area contributed by atoms with Crippen LogP contribution >= 0.6 is 0 Å². The minimum Gasteiger partial charge on any atom is -0.339 e. The van der Waals surface area contributed by atoms with Crippen molar-refractivity contribution in [3.05, 3.63) is 11.7 Å². The highest BCUT2D eigenvalue weighted by Gasteiger charge is 2.29. The van der Waals surface area contributed by atoms with Crippen LogP contribution in [0.15, 0.2) is 4.52 Å². The summed E-state index contributed by atoms with van der Waals surface area (Å²) in [6, 6.07) is 0.215. The predicted molar refractivity (Wildman–Crippen MR) is 53.0 cm³/mol. The minimum absolute atomic E-state index is 0.215. The highest BCUT2D eigenvalue weighted by molar-refractivity contribution is 5.04. The van der Waals surface area contributed by atoms with E-state index in [-0.39, 0.29) is 6.04 Å². The Balaban J connectivity index is 2.16. The Morgan fingerprint density at radius 2 is 2.21 bits per heavy atom. The van der Waals surface area contributed by atoms with Gasteiger partial charge in [-0.2, -0.15) is 4.98 Å². The Morgan fingerprint density at radius 3 is 2.71 bits per heavy atom. The van der Waals surface area contributed by atoms with E-state index in [1.54, 1.807) is 0 Å². The molecule has 0 amide bonds. The lowest BCUT2D eigenvalue weighted by atomic mass is 10.0. The van der Waals surface area contributed by atoms with E-state index in [1.165, 1.54) is 6.42 Å². The molecule has 0 spiro atoms. The quantitative estimate of drug-likeness (QED) is 0.781. The molecule has 1 saturated carbocycles. The summed E-state index contributed by atoms with van der Waals surface area (Å²) < 4.78 is 5.17. The molecule has 1 aliphatic rings. The maximum Gasteiger partial charge on any atom is 0.229 e. The fourth-order valence-corrected chi connectivity index (χ4v) is 1.94. The van der Waals surface area contributed by atoms with Gasteiger partial charge in [0, 0.05) is 17.9 Å². The first kappa shape index (κ1) is 9.65. The Labute approximate surface area is 83.9 Å². The van der Waals surface area contributed by atoms with Crippen molar-refractivity contribution in [2.45, 2.75) is 51.0 Å². The lowest BCUT2D eigenvalue weighted by molar-refractivity contribution is 0.356. The van der Waals surface area contributed by atoms with E-state index in [9.17, 15) is 0 Å². The van der Waals surface area contributed by atoms with E-state index in [1.807, 2.05) is 13.8 Å². The number of nitrogens with two attached hydrogens (primary N) is 1. The standard InChI is InChI=1S/C10H17N3O/c1-6(2)10-12-9(13-14-10)7-4-3-5-8(7)11/h6-8H,3-5,11H2,1-2H3/t7-,8-/m1/s1. The Morgan fingerprint density at radius 1 is 1.43 bits per heavy atom. The molecule has 1 heterocycles. The van der Waals surface area contributed by atoms with Crippen LogP contribution in [0.5, 0.6) is 0 Å². The van der Waals surface area contributed by atoms with Gasteiger partial charge in [0.05, 0.1) is 0 Å². The molecule has 2 rings (SSSR count). The molecule has 0 saturated heterocycles. The summed E-state index contributed by atoms with van der Waals surface area (Å²) in [5.74, 6) is 2.14. The lowest BCUT2D eigenvalue weighted by Crippen LogP contribution is -2.23. The highest BCUT2D eigenvalue weighted by atomic mass is 16.5. The van der Waals surface area contributed by atoms with E-state index in [0.29, 0.717) is 11.8 Å². The molecule has 2 atom stereocenters. The molecule has 4 heteroatoms. The summed E-state index contributed by atoms with van der Waals surface area (Å²) in [6.07, 6.45) is 3.35. The highest BCUT2D eigenvalue weighted by Crippen LogP contribution is 2.32. The van der Waals surface area contributed by atoms with Crippen LogP contribution in [0.2, 0.25) is 0 Å². The van der Waals surface area contributed by atoms with Gasteiger partial charge in [-0.25, -0.2) is 0 Å². The summed E-state index contributed by atoms with van der Waals surface area (Å²) >= 11 is 0. The van der Waals surface area contributed by atoms with Gasteiger partial charge >= 0.3 is 0 Å². The monoisotopic (exact) mass is 195 g/mol. The van der Waals surface area contributed by atoms with Crippen molar-refractivity contribution in [2.75, 3.05) is 0 Å². The fourth-order valence-electron chi connectivity index (χ4n) is 1.94. The maximum atomic E-state index is 5.97. The predicted octanol–water partition coefficient (Wildman–Crippen LogP) is 1.79. The van der Waals surface area contributed by atoms with E-state index in [2.05, 4.69) is 10.1 Å². The van der Waals surface area contributed by atoms with Gasteiger partial charge in [0.2, 0.25) is 5.89 Å². The van der Waals surface area contributed by atoms with Crippen LogP contribution < -0.4 is 5.73 Å². The summed E-state index contributed by atoms with van der Waals surface area (Å²) in [5, 5.41) is 4.00. The molecular formula is C10H17N3O. The maximum absolute atomic E-state index is 5.97. The molecule has 1 aromatic heterocycles. The van der Waals surface area contributed by atoms with Gasteiger partial charge in [-0.05, 0) is 12.8 Å². The van der Waals surface area contributed by atoms with Crippen LogP contribution in [0, 0.1) is 0 Å². The SMILES string of the molecule is CC(C)c1nc([C@@H]2CCC[C@H]2N)no1. The van der Waals surface area contributed by atoms with E-state index >= 15 is 0 Å². The van der Waals surface area contributed by atoms with Gasteiger partial charge in [0.15, 0.2) is 5.82 Å². The molecule has 0 bridgehead atoms. The minimum atomic E-state index is 0.215. The lowest BCUT2D eigenvalue weighted by Gasteiger charge is -2.09. The Kier molecular flexibility index (Phi) is 2.54. The first-order chi connectivity index (χ1) is 6.68. The largest absolute Gasteiger partial charge is 0.339 e. The van der Waals surface area contributed by atoms with Crippen molar-refractivity contribution in [3.63, 3.8) is 0 Å². The van der Waals surface area contributed by atoms with Crippen molar-refractivity contribution in [1.29, 1.82) is 0 Å². The summed E-state index contributed by atoms with van der Waals surface area (Å²) in [4.78, 5) is 4.38. The molecule has 1 fully saturated rings. The van der Waals surface area contributed by atoms with E-state index < -0.39 is 0 Å². The van der Waals surface area contributed by atoms with Crippen molar-refractivity contribution in [2.24, 2.45) is 5.73 Å². The third kappa shape index (κ3) is 1.66. The smallest absolute Gasteiger partial charge is 0.229 e. The Bertz CT molecular complexity index is 308. The second kappa shape index (κ2) is 3.69. The van der Waals surface area contributed by atoms with Gasteiger partial charge < -0.3 is 10.3 Å². The second-order valence-electron chi connectivity index (χ2n) is 4.35. The number of hydrogen-bond donors (Lipinski definition) is 1. The van der Waals surface area contributed by atoms with Crippen molar-refractivity contribution in [3.8, 4) is 0 Å². The number of aromatic nitrogens is 2. The molecule has 0 unspecified atom stereocenters. The van der Waals surface area contributed by atoms with Crippen molar-refractivity contribution >= 4 is 0 Å². The molecule has 0 radical (unpaired) electrons. The van der Waals surface area contributed by atoms with Crippen LogP contribution in [0.25, 0.3) is 0 Å². The van der Waals surface area contributed by atoms with Gasteiger partial charge in [-0.15, -0.1) is 0 Å². The van der Waals surface area contributed by atoms with Crippen LogP contribution in [0.3, 0.4) is 0 Å². The third-order valence-corrected chi connectivity index (χ3v) is 2.85. The third-order valence-electron chi connectivity index (χ3n) is 2.85. The summed E-state index contributed by atoms with van der Waals surface area (Å²) in [7, 11) is 0. The number of rotatable bonds is 2. The summed E-state index contributed by atoms with van der Waals surface area (Å²) in [6.45, 7) is 4.09. The van der Waals surface area contributed by atoms with E-state index in [4.69, 9.17) is 10.3 Å². The average molecular weight is 195 g/mol. The van der Waals surface area contributed by atoms with Crippen molar-refractivity contribution in [1.82, 2.24) is 10.1 Å². The van der Waals surface area contributed by atoms with Gasteiger partial charge in [0.25, 0.3) is 0 Å².